The van der Waals surface area contributed by atoms with Gasteiger partial charge in [-0.15, -0.1) is 0 Å². The van der Waals surface area contributed by atoms with Gasteiger partial charge in [0.1, 0.15) is 17.5 Å². The quantitative estimate of drug-likeness (QED) is 0.375. The van der Waals surface area contributed by atoms with Crippen LogP contribution in [0.2, 0.25) is 0 Å². The van der Waals surface area contributed by atoms with Crippen molar-refractivity contribution in [2.75, 3.05) is 0 Å². The Hall–Kier alpha value is -1.86. The van der Waals surface area contributed by atoms with E-state index in [0.29, 0.717) is 5.46 Å². The minimum atomic E-state index is -0.762. The lowest BCUT2D eigenvalue weighted by molar-refractivity contribution is -0.0155. The smallest absolute Gasteiger partial charge is 0.399 e. The predicted octanol–water partition coefficient (Wildman–Crippen LogP) is 6.91. The number of halogens is 1. The zero-order valence-electron chi connectivity index (χ0n) is 25.8. The molecule has 0 radical (unpaired) electrons. The highest BCUT2D eigenvalue weighted by molar-refractivity contribution is 6.62. The average Bonchev–Trinajstić information content (AvgIpc) is 3.13. The first-order valence-electron chi connectivity index (χ1n) is 16.9. The molecular weight excluding hydrogens is 524 g/mol. The molecule has 0 spiro atoms. The minimum Gasteiger partial charge on any atom is -0.399 e. The Kier molecular flexibility index (Phi) is 5.47. The van der Waals surface area contributed by atoms with E-state index in [-0.39, 0.29) is 16.6 Å². The number of nitrogens with zero attached hydrogens (tertiary/aromatic N) is 3. The molecule has 222 valence electrons. The van der Waals surface area contributed by atoms with E-state index in [1.54, 1.807) is 6.07 Å². The molecule has 1 aromatic heterocycles. The van der Waals surface area contributed by atoms with Crippen molar-refractivity contribution >= 4 is 12.6 Å². The van der Waals surface area contributed by atoms with Crippen molar-refractivity contribution in [3.05, 3.63) is 35.7 Å². The van der Waals surface area contributed by atoms with E-state index >= 15 is 4.39 Å². The van der Waals surface area contributed by atoms with Gasteiger partial charge in [-0.3, -0.25) is 0 Å². The van der Waals surface area contributed by atoms with Gasteiger partial charge in [-0.1, -0.05) is 0 Å². The number of hydrogen-bond donors (Lipinski definition) is 0. The highest BCUT2D eigenvalue weighted by atomic mass is 19.1. The summed E-state index contributed by atoms with van der Waals surface area (Å²) in [6.07, 6.45) is 15.7. The van der Waals surface area contributed by atoms with Gasteiger partial charge in [-0.25, -0.2) is 19.3 Å². The molecule has 2 heterocycles. The van der Waals surface area contributed by atoms with Crippen molar-refractivity contribution in [3.63, 3.8) is 0 Å². The van der Waals surface area contributed by atoms with Gasteiger partial charge in [-0.2, -0.15) is 0 Å². The van der Waals surface area contributed by atoms with Crippen molar-refractivity contribution in [2.45, 2.75) is 127 Å². The van der Waals surface area contributed by atoms with E-state index in [9.17, 15) is 0 Å². The largest absolute Gasteiger partial charge is 0.497 e. The van der Waals surface area contributed by atoms with Crippen LogP contribution in [0.5, 0.6) is 0 Å². The molecule has 9 fully saturated rings. The molecule has 9 aliphatic rings. The van der Waals surface area contributed by atoms with Crippen molar-refractivity contribution in [1.82, 2.24) is 15.0 Å². The summed E-state index contributed by atoms with van der Waals surface area (Å²) in [5.74, 6) is 7.44. The summed E-state index contributed by atoms with van der Waals surface area (Å²) >= 11 is 0. The van der Waals surface area contributed by atoms with Crippen LogP contribution in [0.15, 0.2) is 18.2 Å². The standard InChI is InChI=1S/C35H45BFN3O2/c1-32(2)33(3,4)42-36(41-32)27-13-26(5-6-28(27)37)29-38-30(34-14-20-7-21(15-34)9-22(8-20)16-34)40-31(39-29)35-17-23-10-24(18-35)12-25(11-23)19-35/h5-6,13,20-25H,7-12,14-19H2,1-4H3. The molecule has 11 rings (SSSR count). The van der Waals surface area contributed by atoms with Crippen molar-refractivity contribution in [1.29, 1.82) is 0 Å². The van der Waals surface area contributed by atoms with Crippen molar-refractivity contribution in [2.24, 2.45) is 35.5 Å². The minimum absolute atomic E-state index is 0.0814. The summed E-state index contributed by atoms with van der Waals surface area (Å²) in [5.41, 5.74) is 0.366. The third-order valence-corrected chi connectivity index (χ3v) is 13.4. The van der Waals surface area contributed by atoms with Crippen molar-refractivity contribution in [3.8, 4) is 11.4 Å². The molecule has 7 heteroatoms. The van der Waals surface area contributed by atoms with Crippen molar-refractivity contribution < 1.29 is 13.7 Å². The number of aromatic nitrogens is 3. The molecule has 0 atom stereocenters. The summed E-state index contributed by atoms with van der Waals surface area (Å²) in [6, 6.07) is 5.29. The van der Waals surface area contributed by atoms with Crippen LogP contribution in [0, 0.1) is 41.3 Å². The first-order chi connectivity index (χ1) is 20.0. The first kappa shape index (κ1) is 26.5. The summed E-state index contributed by atoms with van der Waals surface area (Å²) in [5, 5.41) is 0. The molecule has 1 aromatic carbocycles. The Bertz CT molecular complexity index is 1310. The number of rotatable bonds is 4. The second-order valence-electron chi connectivity index (χ2n) is 17.0. The van der Waals surface area contributed by atoms with E-state index in [1.165, 1.54) is 77.0 Å². The van der Waals surface area contributed by atoms with Gasteiger partial charge < -0.3 is 9.31 Å². The lowest BCUT2D eigenvalue weighted by atomic mass is 9.49. The molecule has 0 amide bonds. The third-order valence-electron chi connectivity index (χ3n) is 13.4. The lowest BCUT2D eigenvalue weighted by Gasteiger charge is -2.57. The summed E-state index contributed by atoms with van der Waals surface area (Å²) in [7, 11) is -0.762. The van der Waals surface area contributed by atoms with Gasteiger partial charge in [0.2, 0.25) is 0 Å². The normalized spacial score (nSPS) is 42.1. The van der Waals surface area contributed by atoms with Crippen LogP contribution in [-0.4, -0.2) is 33.3 Å². The fourth-order valence-corrected chi connectivity index (χ4v) is 11.6. The molecule has 5 nitrogen and oxygen atoms in total. The van der Waals surface area contributed by atoms with E-state index in [4.69, 9.17) is 24.3 Å². The third kappa shape index (κ3) is 3.90. The maximum Gasteiger partial charge on any atom is 0.497 e. The maximum atomic E-state index is 15.4. The molecule has 8 bridgehead atoms. The summed E-state index contributed by atoms with van der Waals surface area (Å²) in [4.78, 5) is 16.2. The average molecular weight is 570 g/mol. The highest BCUT2D eigenvalue weighted by Gasteiger charge is 2.57. The molecule has 8 aliphatic carbocycles. The van der Waals surface area contributed by atoms with E-state index in [2.05, 4.69) is 0 Å². The second-order valence-corrected chi connectivity index (χ2v) is 17.0. The highest BCUT2D eigenvalue weighted by Crippen LogP contribution is 2.62. The van der Waals surface area contributed by atoms with Crippen LogP contribution >= 0.6 is 0 Å². The van der Waals surface area contributed by atoms with E-state index < -0.39 is 18.3 Å². The van der Waals surface area contributed by atoms with Crippen LogP contribution in [0.25, 0.3) is 11.4 Å². The van der Waals surface area contributed by atoms with Gasteiger partial charge in [-0.05, 0) is 158 Å². The van der Waals surface area contributed by atoms with Gasteiger partial charge in [0.25, 0.3) is 0 Å². The molecule has 1 saturated heterocycles. The lowest BCUT2D eigenvalue weighted by Crippen LogP contribution is -2.51. The molecular formula is C35H45BFN3O2. The van der Waals surface area contributed by atoms with Crippen LogP contribution < -0.4 is 5.46 Å². The Morgan fingerprint density at radius 1 is 0.643 bits per heavy atom. The monoisotopic (exact) mass is 569 g/mol. The maximum absolute atomic E-state index is 15.4. The first-order valence-corrected chi connectivity index (χ1v) is 16.9. The van der Waals surface area contributed by atoms with Gasteiger partial charge >= 0.3 is 7.12 Å². The number of benzene rings is 1. The van der Waals surface area contributed by atoms with Gasteiger partial charge in [0, 0.05) is 21.9 Å². The summed E-state index contributed by atoms with van der Waals surface area (Å²) < 4.78 is 28.0. The van der Waals surface area contributed by atoms with Gasteiger partial charge in [0.05, 0.1) is 11.2 Å². The zero-order valence-corrected chi connectivity index (χ0v) is 25.8. The van der Waals surface area contributed by atoms with Crippen LogP contribution in [0.3, 0.4) is 0 Å². The zero-order chi connectivity index (χ0) is 28.6. The fourth-order valence-electron chi connectivity index (χ4n) is 11.6. The van der Waals surface area contributed by atoms with Crippen LogP contribution in [-0.2, 0) is 20.1 Å². The Morgan fingerprint density at radius 2 is 1.05 bits per heavy atom. The molecule has 2 aromatic rings. The Morgan fingerprint density at radius 3 is 1.45 bits per heavy atom. The Labute approximate surface area is 250 Å². The van der Waals surface area contributed by atoms with Crippen LogP contribution in [0.1, 0.15) is 116 Å². The van der Waals surface area contributed by atoms with E-state index in [0.717, 1.165) is 58.5 Å². The number of hydrogen-bond acceptors (Lipinski definition) is 5. The predicted molar refractivity (Wildman–Crippen MR) is 161 cm³/mol. The molecule has 42 heavy (non-hydrogen) atoms. The van der Waals surface area contributed by atoms with E-state index in [1.807, 2.05) is 39.8 Å². The van der Waals surface area contributed by atoms with Gasteiger partial charge in [0.15, 0.2) is 5.82 Å². The molecule has 8 saturated carbocycles. The molecule has 1 aliphatic heterocycles. The SMILES string of the molecule is CC1(C)OB(c2cc(-c3nc(C45CC6CC(CC(C6)C4)C5)nc(C45CC6CC(CC(C6)C4)C5)n3)ccc2F)OC1(C)C. The topological polar surface area (TPSA) is 57.1 Å². The Balaban J connectivity index is 1.17. The summed E-state index contributed by atoms with van der Waals surface area (Å²) in [6.45, 7) is 8.04. The fraction of sp³-hybridized carbons (Fsp3) is 0.743. The second kappa shape index (κ2) is 8.65. The molecule has 0 unspecified atom stereocenters. The molecule has 0 N–H and O–H groups in total. The van der Waals surface area contributed by atoms with Crippen LogP contribution in [0.4, 0.5) is 4.39 Å².